The number of aromatic nitrogens is 1. The predicted molar refractivity (Wildman–Crippen MR) is 97.5 cm³/mol. The summed E-state index contributed by atoms with van der Waals surface area (Å²) in [5, 5.41) is 3.17. The maximum Gasteiger partial charge on any atom is 0.272 e. The van der Waals surface area contributed by atoms with E-state index in [0.29, 0.717) is 23.8 Å². The van der Waals surface area contributed by atoms with E-state index in [0.717, 1.165) is 18.4 Å². The molecule has 25 heavy (non-hydrogen) atoms. The number of sulfonamides is 1. The normalized spacial score (nSPS) is 15.5. The van der Waals surface area contributed by atoms with E-state index in [1.807, 2.05) is 13.0 Å². The number of halogens is 1. The van der Waals surface area contributed by atoms with E-state index >= 15 is 0 Å². The molecule has 1 N–H and O–H groups in total. The zero-order valence-corrected chi connectivity index (χ0v) is 15.7. The first-order valence-electron chi connectivity index (χ1n) is 8.03. The second-order valence-electron chi connectivity index (χ2n) is 6.22. The summed E-state index contributed by atoms with van der Waals surface area (Å²) >= 11 is 6.14. The number of hydrogen-bond donors (Lipinski definition) is 1. The van der Waals surface area contributed by atoms with Gasteiger partial charge in [-0.3, -0.25) is 4.79 Å². The van der Waals surface area contributed by atoms with Crippen molar-refractivity contribution in [3.05, 3.63) is 46.7 Å². The first kappa shape index (κ1) is 18.0. The highest BCUT2D eigenvalue weighted by Gasteiger charge is 2.29. The number of benzene rings is 1. The van der Waals surface area contributed by atoms with E-state index < -0.39 is 15.9 Å². The number of nitrogens with one attached hydrogen (secondary N) is 1. The average molecular weight is 382 g/mol. The molecule has 0 radical (unpaired) electrons. The number of amides is 1. The van der Waals surface area contributed by atoms with Gasteiger partial charge in [0.2, 0.25) is 10.0 Å². The van der Waals surface area contributed by atoms with Crippen molar-refractivity contribution in [1.82, 2.24) is 8.87 Å². The first-order chi connectivity index (χ1) is 11.8. The third-order valence-corrected chi connectivity index (χ3v) is 6.46. The van der Waals surface area contributed by atoms with Crippen LogP contribution < -0.4 is 5.32 Å². The van der Waals surface area contributed by atoms with Gasteiger partial charge in [-0.1, -0.05) is 17.7 Å². The van der Waals surface area contributed by atoms with Crippen LogP contribution in [0.15, 0.2) is 35.4 Å². The second-order valence-corrected chi connectivity index (χ2v) is 8.57. The summed E-state index contributed by atoms with van der Waals surface area (Å²) in [5.74, 6) is -0.406. The maximum atomic E-state index is 12.6. The number of nitrogens with zero attached hydrogens (tertiary/aromatic N) is 2. The van der Waals surface area contributed by atoms with Gasteiger partial charge in [-0.2, -0.15) is 4.31 Å². The number of anilines is 1. The van der Waals surface area contributed by atoms with E-state index in [-0.39, 0.29) is 10.6 Å². The van der Waals surface area contributed by atoms with Gasteiger partial charge in [0.15, 0.2) is 0 Å². The van der Waals surface area contributed by atoms with Crippen LogP contribution in [-0.4, -0.2) is 36.3 Å². The Balaban J connectivity index is 1.85. The van der Waals surface area contributed by atoms with Gasteiger partial charge in [-0.25, -0.2) is 8.42 Å². The minimum atomic E-state index is -3.55. The standard InChI is InChI=1S/C17H20ClN3O3S/c1-12-5-6-15(14(18)9-12)19-17(22)16-10-13(11-20(16)2)25(23,24)21-7-3-4-8-21/h5-6,9-11H,3-4,7-8H2,1-2H3,(H,19,22). The lowest BCUT2D eigenvalue weighted by molar-refractivity contribution is 0.101. The summed E-state index contributed by atoms with van der Waals surface area (Å²) in [6, 6.07) is 6.73. The van der Waals surface area contributed by atoms with Crippen molar-refractivity contribution in [2.24, 2.45) is 7.05 Å². The van der Waals surface area contributed by atoms with Gasteiger partial charge >= 0.3 is 0 Å². The second kappa shape index (κ2) is 6.82. The number of carbonyl (C=O) groups is 1. The molecular weight excluding hydrogens is 362 g/mol. The van der Waals surface area contributed by atoms with Crippen LogP contribution in [0.25, 0.3) is 0 Å². The molecule has 8 heteroatoms. The van der Waals surface area contributed by atoms with Gasteiger partial charge in [0.25, 0.3) is 5.91 Å². The molecule has 6 nitrogen and oxygen atoms in total. The highest BCUT2D eigenvalue weighted by Crippen LogP contribution is 2.25. The molecule has 1 aromatic heterocycles. The highest BCUT2D eigenvalue weighted by atomic mass is 35.5. The van der Waals surface area contributed by atoms with E-state index in [2.05, 4.69) is 5.32 Å². The summed E-state index contributed by atoms with van der Waals surface area (Å²) in [7, 11) is -1.91. The Morgan fingerprint density at radius 2 is 1.88 bits per heavy atom. The molecule has 3 rings (SSSR count). The minimum absolute atomic E-state index is 0.136. The van der Waals surface area contributed by atoms with Gasteiger partial charge < -0.3 is 9.88 Å². The molecule has 1 saturated heterocycles. The number of aryl methyl sites for hydroxylation is 2. The van der Waals surface area contributed by atoms with E-state index in [1.54, 1.807) is 19.2 Å². The topological polar surface area (TPSA) is 71.4 Å². The maximum absolute atomic E-state index is 12.6. The lowest BCUT2D eigenvalue weighted by Gasteiger charge is -2.13. The van der Waals surface area contributed by atoms with Crippen LogP contribution in [0.2, 0.25) is 5.02 Å². The first-order valence-corrected chi connectivity index (χ1v) is 9.85. The van der Waals surface area contributed by atoms with Gasteiger partial charge in [-0.15, -0.1) is 0 Å². The quantitative estimate of drug-likeness (QED) is 0.884. The van der Waals surface area contributed by atoms with Gasteiger partial charge in [0.1, 0.15) is 10.6 Å². The van der Waals surface area contributed by atoms with Crippen molar-refractivity contribution in [2.45, 2.75) is 24.7 Å². The Bertz CT molecular complexity index is 915. The van der Waals surface area contributed by atoms with Crippen molar-refractivity contribution in [2.75, 3.05) is 18.4 Å². The van der Waals surface area contributed by atoms with Crippen molar-refractivity contribution in [3.8, 4) is 0 Å². The predicted octanol–water partition coefficient (Wildman–Crippen LogP) is 3.02. The molecule has 1 aromatic carbocycles. The summed E-state index contributed by atoms with van der Waals surface area (Å²) in [5.41, 5.74) is 1.73. The molecule has 1 amide bonds. The molecule has 0 atom stereocenters. The van der Waals surface area contributed by atoms with Crippen LogP contribution in [0.5, 0.6) is 0 Å². The lowest BCUT2D eigenvalue weighted by atomic mass is 10.2. The zero-order chi connectivity index (χ0) is 18.2. The zero-order valence-electron chi connectivity index (χ0n) is 14.1. The highest BCUT2D eigenvalue weighted by molar-refractivity contribution is 7.89. The SMILES string of the molecule is Cc1ccc(NC(=O)c2cc(S(=O)(=O)N3CCCC3)cn2C)c(Cl)c1. The number of rotatable bonds is 4. The van der Waals surface area contributed by atoms with Gasteiger partial charge in [0.05, 0.1) is 10.7 Å². The monoisotopic (exact) mass is 381 g/mol. The fourth-order valence-corrected chi connectivity index (χ4v) is 4.76. The fraction of sp³-hybridized carbons (Fsp3) is 0.353. The van der Waals surface area contributed by atoms with Crippen LogP contribution in [0.3, 0.4) is 0 Å². The molecule has 2 heterocycles. The molecule has 2 aromatic rings. The van der Waals surface area contributed by atoms with Crippen LogP contribution in [0, 0.1) is 6.92 Å². The lowest BCUT2D eigenvalue weighted by Crippen LogP contribution is -2.27. The summed E-state index contributed by atoms with van der Waals surface area (Å²) in [6.45, 7) is 2.96. The molecule has 0 unspecified atom stereocenters. The third kappa shape index (κ3) is 3.58. The molecule has 0 saturated carbocycles. The summed E-state index contributed by atoms with van der Waals surface area (Å²) < 4.78 is 28.2. The molecule has 134 valence electrons. The van der Waals surface area contributed by atoms with Crippen molar-refractivity contribution in [1.29, 1.82) is 0 Å². The van der Waals surface area contributed by atoms with Crippen molar-refractivity contribution in [3.63, 3.8) is 0 Å². The van der Waals surface area contributed by atoms with Crippen LogP contribution in [0.1, 0.15) is 28.9 Å². The smallest absolute Gasteiger partial charge is 0.272 e. The molecular formula is C17H20ClN3O3S. The number of hydrogen-bond acceptors (Lipinski definition) is 3. The molecule has 0 spiro atoms. The molecule has 0 bridgehead atoms. The Morgan fingerprint density at radius 3 is 2.52 bits per heavy atom. The summed E-state index contributed by atoms with van der Waals surface area (Å²) in [6.07, 6.45) is 3.20. The van der Waals surface area contributed by atoms with Crippen LogP contribution in [-0.2, 0) is 17.1 Å². The van der Waals surface area contributed by atoms with Gasteiger partial charge in [-0.05, 0) is 43.5 Å². The Labute approximate surface area is 152 Å². The van der Waals surface area contributed by atoms with E-state index in [9.17, 15) is 13.2 Å². The van der Waals surface area contributed by atoms with Gasteiger partial charge in [0, 0.05) is 26.3 Å². The molecule has 1 aliphatic heterocycles. The third-order valence-electron chi connectivity index (χ3n) is 4.29. The molecule has 0 aliphatic carbocycles. The van der Waals surface area contributed by atoms with Crippen molar-refractivity contribution < 1.29 is 13.2 Å². The van der Waals surface area contributed by atoms with E-state index in [1.165, 1.54) is 21.1 Å². The Hall–Kier alpha value is -1.83. The van der Waals surface area contributed by atoms with Crippen LogP contribution >= 0.6 is 11.6 Å². The minimum Gasteiger partial charge on any atom is -0.345 e. The Morgan fingerprint density at radius 1 is 1.20 bits per heavy atom. The summed E-state index contributed by atoms with van der Waals surface area (Å²) in [4.78, 5) is 12.7. The fourth-order valence-electron chi connectivity index (χ4n) is 2.89. The number of carbonyl (C=O) groups excluding carboxylic acids is 1. The van der Waals surface area contributed by atoms with E-state index in [4.69, 9.17) is 11.6 Å². The average Bonchev–Trinajstić information content (AvgIpc) is 3.20. The molecule has 1 fully saturated rings. The Kier molecular flexibility index (Phi) is 4.90. The van der Waals surface area contributed by atoms with Crippen molar-refractivity contribution >= 4 is 33.2 Å². The molecule has 1 aliphatic rings. The van der Waals surface area contributed by atoms with Crippen LogP contribution in [0.4, 0.5) is 5.69 Å². The largest absolute Gasteiger partial charge is 0.345 e.